The van der Waals surface area contributed by atoms with Crippen LogP contribution in [0.15, 0.2) is 11.4 Å². The Kier molecular flexibility index (Phi) is 5.87. The highest BCUT2D eigenvalue weighted by Crippen LogP contribution is 2.24. The Morgan fingerprint density at radius 1 is 1.53 bits per heavy atom. The average Bonchev–Trinajstić information content (AvgIpc) is 2.50. The summed E-state index contributed by atoms with van der Waals surface area (Å²) in [5.74, 6) is 0.706. The molecule has 1 atom stereocenters. The summed E-state index contributed by atoms with van der Waals surface area (Å²) in [6.07, 6.45) is 0.970. The van der Waals surface area contributed by atoms with Crippen molar-refractivity contribution >= 4 is 29.6 Å². The van der Waals surface area contributed by atoms with Crippen LogP contribution in [0.1, 0.15) is 36.8 Å². The van der Waals surface area contributed by atoms with E-state index < -0.39 is 0 Å². The van der Waals surface area contributed by atoms with Gasteiger partial charge in [0.1, 0.15) is 5.84 Å². The fraction of sp³-hybridized carbons (Fsp3) is 0.500. The molecule has 3 nitrogen and oxygen atoms in total. The van der Waals surface area contributed by atoms with Crippen LogP contribution in [0, 0.1) is 11.3 Å². The van der Waals surface area contributed by atoms with Gasteiger partial charge in [0.15, 0.2) is 0 Å². The molecule has 1 unspecified atom stereocenters. The van der Waals surface area contributed by atoms with Gasteiger partial charge in [0.2, 0.25) is 0 Å². The Morgan fingerprint density at radius 2 is 2.13 bits per heavy atom. The Labute approximate surface area is 101 Å². The van der Waals surface area contributed by atoms with E-state index in [1.807, 2.05) is 11.4 Å². The SMILES string of the molecule is CC(C)CC(N)c1cc(C(=N)N)cs1.Cl. The molecule has 1 heterocycles. The van der Waals surface area contributed by atoms with E-state index in [1.54, 1.807) is 11.3 Å². The topological polar surface area (TPSA) is 75.9 Å². The molecule has 0 saturated heterocycles. The van der Waals surface area contributed by atoms with Gasteiger partial charge in [-0.05, 0) is 18.4 Å². The van der Waals surface area contributed by atoms with Crippen molar-refractivity contribution in [3.8, 4) is 0 Å². The number of hydrogen-bond donors (Lipinski definition) is 3. The molecular formula is C10H18ClN3S. The summed E-state index contributed by atoms with van der Waals surface area (Å²) in [6.45, 7) is 4.30. The predicted molar refractivity (Wildman–Crippen MR) is 69.0 cm³/mol. The van der Waals surface area contributed by atoms with Gasteiger partial charge < -0.3 is 11.5 Å². The zero-order valence-electron chi connectivity index (χ0n) is 8.99. The fourth-order valence-corrected chi connectivity index (χ4v) is 2.24. The van der Waals surface area contributed by atoms with Crippen molar-refractivity contribution in [1.82, 2.24) is 0 Å². The lowest BCUT2D eigenvalue weighted by Gasteiger charge is -2.11. The van der Waals surface area contributed by atoms with Gasteiger partial charge in [0.05, 0.1) is 0 Å². The maximum absolute atomic E-state index is 7.27. The molecule has 5 N–H and O–H groups in total. The summed E-state index contributed by atoms with van der Waals surface area (Å²) in [4.78, 5) is 1.11. The Morgan fingerprint density at radius 3 is 2.53 bits per heavy atom. The molecule has 0 bridgehead atoms. The largest absolute Gasteiger partial charge is 0.384 e. The van der Waals surface area contributed by atoms with Crippen molar-refractivity contribution in [3.63, 3.8) is 0 Å². The third kappa shape index (κ3) is 4.20. The summed E-state index contributed by atoms with van der Waals surface area (Å²) in [6, 6.07) is 1.99. The van der Waals surface area contributed by atoms with Crippen molar-refractivity contribution in [3.05, 3.63) is 21.9 Å². The second-order valence-electron chi connectivity index (χ2n) is 3.89. The van der Waals surface area contributed by atoms with Gasteiger partial charge >= 0.3 is 0 Å². The zero-order chi connectivity index (χ0) is 10.7. The van der Waals surface area contributed by atoms with Crippen molar-refractivity contribution in [2.75, 3.05) is 0 Å². The van der Waals surface area contributed by atoms with Crippen LogP contribution in [0.2, 0.25) is 0 Å². The summed E-state index contributed by atoms with van der Waals surface area (Å²) < 4.78 is 0. The maximum Gasteiger partial charge on any atom is 0.123 e. The van der Waals surface area contributed by atoms with E-state index in [-0.39, 0.29) is 24.3 Å². The van der Waals surface area contributed by atoms with E-state index in [9.17, 15) is 0 Å². The third-order valence-electron chi connectivity index (χ3n) is 2.02. The second kappa shape index (κ2) is 6.10. The number of nitrogens with one attached hydrogen (secondary N) is 1. The molecule has 0 saturated carbocycles. The predicted octanol–water partition coefficient (Wildman–Crippen LogP) is 2.50. The molecule has 1 aromatic rings. The third-order valence-corrected chi connectivity index (χ3v) is 3.09. The van der Waals surface area contributed by atoms with Crippen molar-refractivity contribution in [1.29, 1.82) is 5.41 Å². The van der Waals surface area contributed by atoms with Crippen LogP contribution in [0.5, 0.6) is 0 Å². The Balaban J connectivity index is 0.00000196. The van der Waals surface area contributed by atoms with Crippen LogP contribution in [0.25, 0.3) is 0 Å². The summed E-state index contributed by atoms with van der Waals surface area (Å²) in [7, 11) is 0. The number of nitrogen functional groups attached to an aromatic ring is 1. The summed E-state index contributed by atoms with van der Waals surface area (Å²) in [5.41, 5.74) is 12.2. The standard InChI is InChI=1S/C10H17N3S.ClH/c1-6(2)3-8(11)9-4-7(5-14-9)10(12)13;/h4-6,8H,3,11H2,1-2H3,(H3,12,13);1H. The van der Waals surface area contributed by atoms with Gasteiger partial charge in [-0.3, -0.25) is 5.41 Å². The van der Waals surface area contributed by atoms with Crippen LogP contribution >= 0.6 is 23.7 Å². The molecule has 1 aromatic heterocycles. The monoisotopic (exact) mass is 247 g/mol. The minimum absolute atomic E-state index is 0. The molecule has 0 fully saturated rings. The van der Waals surface area contributed by atoms with Gasteiger partial charge in [0, 0.05) is 21.9 Å². The molecule has 0 radical (unpaired) electrons. The molecule has 86 valence electrons. The van der Waals surface area contributed by atoms with Gasteiger partial charge in [-0.25, -0.2) is 0 Å². The second-order valence-corrected chi connectivity index (χ2v) is 4.83. The van der Waals surface area contributed by atoms with E-state index in [1.165, 1.54) is 0 Å². The van der Waals surface area contributed by atoms with Gasteiger partial charge in [-0.1, -0.05) is 13.8 Å². The van der Waals surface area contributed by atoms with E-state index >= 15 is 0 Å². The number of thiophene rings is 1. The van der Waals surface area contributed by atoms with Crippen LogP contribution in [-0.2, 0) is 0 Å². The van der Waals surface area contributed by atoms with E-state index in [4.69, 9.17) is 16.9 Å². The average molecular weight is 248 g/mol. The van der Waals surface area contributed by atoms with Crippen LogP contribution in [0.4, 0.5) is 0 Å². The molecule has 0 spiro atoms. The molecule has 1 rings (SSSR count). The number of nitrogens with two attached hydrogens (primary N) is 2. The number of amidine groups is 1. The molecule has 15 heavy (non-hydrogen) atoms. The molecule has 5 heteroatoms. The minimum Gasteiger partial charge on any atom is -0.384 e. The normalized spacial score (nSPS) is 12.3. The fourth-order valence-electron chi connectivity index (χ4n) is 1.31. The Bertz CT molecular complexity index is 322. The Hall–Kier alpha value is -0.580. The molecule has 0 amide bonds. The molecule has 0 aliphatic heterocycles. The molecule has 0 aliphatic carbocycles. The zero-order valence-corrected chi connectivity index (χ0v) is 10.6. The maximum atomic E-state index is 7.27. The number of hydrogen-bond acceptors (Lipinski definition) is 3. The first kappa shape index (κ1) is 14.4. The first-order chi connectivity index (χ1) is 6.50. The highest BCUT2D eigenvalue weighted by atomic mass is 35.5. The van der Waals surface area contributed by atoms with Crippen LogP contribution in [-0.4, -0.2) is 5.84 Å². The first-order valence-electron chi connectivity index (χ1n) is 4.69. The summed E-state index contributed by atoms with van der Waals surface area (Å²) in [5, 5.41) is 9.16. The quantitative estimate of drug-likeness (QED) is 0.565. The van der Waals surface area contributed by atoms with Crippen molar-refractivity contribution in [2.24, 2.45) is 17.4 Å². The number of halogens is 1. The molecule has 0 aliphatic rings. The van der Waals surface area contributed by atoms with Gasteiger partial charge in [-0.2, -0.15) is 0 Å². The van der Waals surface area contributed by atoms with Crippen molar-refractivity contribution in [2.45, 2.75) is 26.3 Å². The highest BCUT2D eigenvalue weighted by molar-refractivity contribution is 7.10. The van der Waals surface area contributed by atoms with Crippen LogP contribution < -0.4 is 11.5 Å². The van der Waals surface area contributed by atoms with Gasteiger partial charge in [0.25, 0.3) is 0 Å². The number of rotatable bonds is 4. The van der Waals surface area contributed by atoms with Crippen LogP contribution in [0.3, 0.4) is 0 Å². The van der Waals surface area contributed by atoms with E-state index in [2.05, 4.69) is 13.8 Å². The summed E-state index contributed by atoms with van der Waals surface area (Å²) >= 11 is 1.58. The highest BCUT2D eigenvalue weighted by Gasteiger charge is 2.11. The molecular weight excluding hydrogens is 230 g/mol. The minimum atomic E-state index is 0. The van der Waals surface area contributed by atoms with E-state index in [0.717, 1.165) is 16.9 Å². The van der Waals surface area contributed by atoms with Gasteiger partial charge in [-0.15, -0.1) is 23.7 Å². The molecule has 0 aromatic carbocycles. The lowest BCUT2D eigenvalue weighted by atomic mass is 10.0. The first-order valence-corrected chi connectivity index (χ1v) is 5.57. The lowest BCUT2D eigenvalue weighted by Crippen LogP contribution is -2.12. The van der Waals surface area contributed by atoms with Crippen molar-refractivity contribution < 1.29 is 0 Å². The van der Waals surface area contributed by atoms with E-state index in [0.29, 0.717) is 5.92 Å². The lowest BCUT2D eigenvalue weighted by molar-refractivity contribution is 0.515. The smallest absolute Gasteiger partial charge is 0.123 e.